The van der Waals surface area contributed by atoms with E-state index in [-0.39, 0.29) is 11.8 Å². The van der Waals surface area contributed by atoms with E-state index in [1.165, 1.54) is 18.5 Å². The van der Waals surface area contributed by atoms with Gasteiger partial charge in [-0.3, -0.25) is 10.1 Å². The van der Waals surface area contributed by atoms with Crippen LogP contribution in [0.3, 0.4) is 0 Å². The van der Waals surface area contributed by atoms with Crippen LogP contribution < -0.4 is 5.32 Å². The molecule has 2 heterocycles. The van der Waals surface area contributed by atoms with Gasteiger partial charge in [0.05, 0.1) is 16.5 Å². The molecule has 0 aliphatic carbocycles. The Morgan fingerprint density at radius 2 is 2.35 bits per heavy atom. The number of nitrogens with one attached hydrogen (secondary N) is 1. The van der Waals surface area contributed by atoms with Crippen molar-refractivity contribution < 1.29 is 9.66 Å². The number of hydrogen-bond donors (Lipinski definition) is 1. The van der Waals surface area contributed by atoms with E-state index in [0.29, 0.717) is 23.3 Å². The number of aromatic nitrogens is 2. The maximum Gasteiger partial charge on any atom is 0.270 e. The van der Waals surface area contributed by atoms with E-state index < -0.39 is 4.92 Å². The van der Waals surface area contributed by atoms with E-state index in [9.17, 15) is 10.1 Å². The zero-order valence-corrected chi connectivity index (χ0v) is 10.8. The number of nitrogens with zero attached hydrogens (tertiary/aromatic N) is 3. The number of non-ortho nitro benzene ring substituents is 1. The number of rotatable bonds is 4. The number of nitro benzene ring substituents is 1. The van der Waals surface area contributed by atoms with Crippen LogP contribution in [-0.2, 0) is 4.74 Å². The molecule has 0 bridgehead atoms. The highest BCUT2D eigenvalue weighted by Crippen LogP contribution is 2.24. The molecular formula is C13H14N4O3. The van der Waals surface area contributed by atoms with Gasteiger partial charge in [-0.25, -0.2) is 9.97 Å². The van der Waals surface area contributed by atoms with Crippen LogP contribution in [0.4, 0.5) is 11.5 Å². The molecule has 1 aromatic carbocycles. The molecule has 1 atom stereocenters. The zero-order valence-electron chi connectivity index (χ0n) is 10.8. The molecule has 2 aromatic rings. The largest absolute Gasteiger partial charge is 0.376 e. The van der Waals surface area contributed by atoms with Gasteiger partial charge in [-0.2, -0.15) is 0 Å². The highest BCUT2D eigenvalue weighted by Gasteiger charge is 2.16. The van der Waals surface area contributed by atoms with Crippen LogP contribution >= 0.6 is 0 Å². The molecule has 7 heteroatoms. The molecule has 0 saturated carbocycles. The minimum Gasteiger partial charge on any atom is -0.376 e. The Morgan fingerprint density at radius 3 is 3.10 bits per heavy atom. The average Bonchev–Trinajstić information content (AvgIpc) is 2.97. The first kappa shape index (κ1) is 12.7. The van der Waals surface area contributed by atoms with E-state index in [1.54, 1.807) is 6.07 Å². The molecule has 1 N–H and O–H groups in total. The SMILES string of the molecule is O=[N+]([O-])c1ccc2ncnc(NCC3CCCO3)c2c1. The van der Waals surface area contributed by atoms with Crippen molar-refractivity contribution in [2.45, 2.75) is 18.9 Å². The predicted octanol–water partition coefficient (Wildman–Crippen LogP) is 2.13. The lowest BCUT2D eigenvalue weighted by atomic mass is 10.2. The van der Waals surface area contributed by atoms with E-state index in [1.807, 2.05) is 0 Å². The number of hydrogen-bond acceptors (Lipinski definition) is 6. The van der Waals surface area contributed by atoms with Gasteiger partial charge in [0.15, 0.2) is 0 Å². The number of anilines is 1. The Kier molecular flexibility index (Phi) is 3.42. The molecule has 0 radical (unpaired) electrons. The summed E-state index contributed by atoms with van der Waals surface area (Å²) in [6.07, 6.45) is 3.73. The van der Waals surface area contributed by atoms with Crippen LogP contribution in [0.1, 0.15) is 12.8 Å². The molecule has 3 rings (SSSR count). The fraction of sp³-hybridized carbons (Fsp3) is 0.385. The van der Waals surface area contributed by atoms with Crippen LogP contribution in [0.5, 0.6) is 0 Å². The van der Waals surface area contributed by atoms with E-state index in [4.69, 9.17) is 4.74 Å². The van der Waals surface area contributed by atoms with E-state index in [0.717, 1.165) is 19.4 Å². The van der Waals surface area contributed by atoms with Crippen molar-refractivity contribution in [1.29, 1.82) is 0 Å². The molecule has 7 nitrogen and oxygen atoms in total. The van der Waals surface area contributed by atoms with Gasteiger partial charge in [0, 0.05) is 30.7 Å². The lowest BCUT2D eigenvalue weighted by Crippen LogP contribution is -2.19. The third-order valence-corrected chi connectivity index (χ3v) is 3.35. The summed E-state index contributed by atoms with van der Waals surface area (Å²) in [5.41, 5.74) is 0.716. The van der Waals surface area contributed by atoms with Gasteiger partial charge in [-0.1, -0.05) is 0 Å². The van der Waals surface area contributed by atoms with Gasteiger partial charge in [0.25, 0.3) is 5.69 Å². The minimum atomic E-state index is -0.420. The van der Waals surface area contributed by atoms with Crippen LogP contribution in [0.15, 0.2) is 24.5 Å². The molecule has 1 unspecified atom stereocenters. The van der Waals surface area contributed by atoms with Crippen molar-refractivity contribution in [1.82, 2.24) is 9.97 Å². The lowest BCUT2D eigenvalue weighted by molar-refractivity contribution is -0.384. The molecule has 104 valence electrons. The van der Waals surface area contributed by atoms with Gasteiger partial charge in [0.1, 0.15) is 12.1 Å². The third kappa shape index (κ3) is 2.53. The Labute approximate surface area is 115 Å². The Morgan fingerprint density at radius 1 is 1.45 bits per heavy atom. The van der Waals surface area contributed by atoms with Crippen molar-refractivity contribution in [2.24, 2.45) is 0 Å². The molecule has 20 heavy (non-hydrogen) atoms. The number of ether oxygens (including phenoxy) is 1. The highest BCUT2D eigenvalue weighted by molar-refractivity contribution is 5.90. The predicted molar refractivity (Wildman–Crippen MR) is 73.7 cm³/mol. The van der Waals surface area contributed by atoms with Crippen molar-refractivity contribution in [3.8, 4) is 0 Å². The van der Waals surface area contributed by atoms with Crippen molar-refractivity contribution in [3.05, 3.63) is 34.6 Å². The standard InChI is InChI=1S/C13H14N4O3/c18-17(19)9-3-4-12-11(6-9)13(16-8-15-12)14-7-10-2-1-5-20-10/h3-4,6,8,10H,1-2,5,7H2,(H,14,15,16). The second kappa shape index (κ2) is 5.38. The topological polar surface area (TPSA) is 90.2 Å². The van der Waals surface area contributed by atoms with Crippen molar-refractivity contribution >= 4 is 22.4 Å². The maximum absolute atomic E-state index is 10.8. The first-order valence-electron chi connectivity index (χ1n) is 6.48. The summed E-state index contributed by atoms with van der Waals surface area (Å²) in [5.74, 6) is 0.606. The molecule has 1 aromatic heterocycles. The molecule has 0 amide bonds. The van der Waals surface area contributed by atoms with Crippen LogP contribution in [0, 0.1) is 10.1 Å². The van der Waals surface area contributed by atoms with Crippen LogP contribution in [0.2, 0.25) is 0 Å². The highest BCUT2D eigenvalue weighted by atomic mass is 16.6. The summed E-state index contributed by atoms with van der Waals surface area (Å²) in [6.45, 7) is 1.44. The van der Waals surface area contributed by atoms with Gasteiger partial charge in [-0.05, 0) is 18.9 Å². The van der Waals surface area contributed by atoms with Gasteiger partial charge >= 0.3 is 0 Å². The summed E-state index contributed by atoms with van der Waals surface area (Å²) in [7, 11) is 0. The second-order valence-corrected chi connectivity index (χ2v) is 4.70. The number of fused-ring (bicyclic) bond motifs is 1. The maximum atomic E-state index is 10.8. The molecule has 1 saturated heterocycles. The van der Waals surface area contributed by atoms with Gasteiger partial charge in [-0.15, -0.1) is 0 Å². The monoisotopic (exact) mass is 274 g/mol. The molecular weight excluding hydrogens is 260 g/mol. The smallest absolute Gasteiger partial charge is 0.270 e. The molecule has 1 fully saturated rings. The van der Waals surface area contributed by atoms with Crippen LogP contribution in [-0.4, -0.2) is 34.1 Å². The fourth-order valence-electron chi connectivity index (χ4n) is 2.31. The Bertz CT molecular complexity index is 641. The Hall–Kier alpha value is -2.28. The molecule has 1 aliphatic heterocycles. The summed E-state index contributed by atoms with van der Waals surface area (Å²) in [5, 5.41) is 14.7. The summed E-state index contributed by atoms with van der Waals surface area (Å²) >= 11 is 0. The minimum absolute atomic E-state index is 0.0347. The van der Waals surface area contributed by atoms with Gasteiger partial charge < -0.3 is 10.1 Å². The Balaban J connectivity index is 1.88. The lowest BCUT2D eigenvalue weighted by Gasteiger charge is -2.12. The van der Waals surface area contributed by atoms with Gasteiger partial charge in [0.2, 0.25) is 0 Å². The average molecular weight is 274 g/mol. The summed E-state index contributed by atoms with van der Waals surface area (Å²) in [4.78, 5) is 18.7. The number of nitro groups is 1. The van der Waals surface area contributed by atoms with Crippen LogP contribution in [0.25, 0.3) is 10.9 Å². The quantitative estimate of drug-likeness (QED) is 0.678. The fourth-order valence-corrected chi connectivity index (χ4v) is 2.31. The summed E-state index contributed by atoms with van der Waals surface area (Å²) in [6, 6.07) is 4.57. The van der Waals surface area contributed by atoms with E-state index >= 15 is 0 Å². The molecule has 1 aliphatic rings. The van der Waals surface area contributed by atoms with Crippen molar-refractivity contribution in [3.63, 3.8) is 0 Å². The first-order chi connectivity index (χ1) is 9.74. The molecule has 0 spiro atoms. The van der Waals surface area contributed by atoms with Crippen molar-refractivity contribution in [2.75, 3.05) is 18.5 Å². The zero-order chi connectivity index (χ0) is 13.9. The summed E-state index contributed by atoms with van der Waals surface area (Å²) < 4.78 is 5.53. The third-order valence-electron chi connectivity index (χ3n) is 3.35. The normalized spacial score (nSPS) is 18.3. The first-order valence-corrected chi connectivity index (χ1v) is 6.48. The number of benzene rings is 1. The van der Waals surface area contributed by atoms with E-state index in [2.05, 4.69) is 15.3 Å². The second-order valence-electron chi connectivity index (χ2n) is 4.70.